The van der Waals surface area contributed by atoms with Gasteiger partial charge in [0, 0.05) is 18.0 Å². The lowest BCUT2D eigenvalue weighted by atomic mass is 9.84. The van der Waals surface area contributed by atoms with Crippen molar-refractivity contribution in [3.05, 3.63) is 30.1 Å². The van der Waals surface area contributed by atoms with Crippen LogP contribution >= 0.6 is 0 Å². The maximum atomic E-state index is 12.3. The SMILES string of the molecule is N#CCNC(=O)[C@H](CC1CCCCC1)NC(=O)c1ccncc1. The predicted molar refractivity (Wildman–Crippen MR) is 85.3 cm³/mol. The van der Waals surface area contributed by atoms with Crippen LogP contribution in [0, 0.1) is 17.2 Å². The highest BCUT2D eigenvalue weighted by molar-refractivity contribution is 5.97. The normalized spacial score (nSPS) is 16.1. The van der Waals surface area contributed by atoms with Crippen LogP contribution < -0.4 is 10.6 Å². The molecule has 6 nitrogen and oxygen atoms in total. The van der Waals surface area contributed by atoms with Crippen molar-refractivity contribution in [2.24, 2.45) is 5.92 Å². The Balaban J connectivity index is 2.01. The van der Waals surface area contributed by atoms with E-state index in [0.29, 0.717) is 17.9 Å². The van der Waals surface area contributed by atoms with Crippen molar-refractivity contribution in [3.63, 3.8) is 0 Å². The lowest BCUT2D eigenvalue weighted by molar-refractivity contribution is -0.123. The van der Waals surface area contributed by atoms with Crippen molar-refractivity contribution >= 4 is 11.8 Å². The van der Waals surface area contributed by atoms with E-state index in [1.54, 1.807) is 24.5 Å². The van der Waals surface area contributed by atoms with E-state index in [2.05, 4.69) is 15.6 Å². The number of aromatic nitrogens is 1. The van der Waals surface area contributed by atoms with E-state index < -0.39 is 6.04 Å². The van der Waals surface area contributed by atoms with Gasteiger partial charge >= 0.3 is 0 Å². The van der Waals surface area contributed by atoms with E-state index in [1.165, 1.54) is 19.3 Å². The highest BCUT2D eigenvalue weighted by Crippen LogP contribution is 2.27. The first-order chi connectivity index (χ1) is 11.2. The summed E-state index contributed by atoms with van der Waals surface area (Å²) in [6, 6.07) is 4.51. The number of nitrogens with zero attached hydrogens (tertiary/aromatic N) is 2. The molecule has 0 radical (unpaired) electrons. The fraction of sp³-hybridized carbons (Fsp3) is 0.529. The molecule has 0 aromatic carbocycles. The second kappa shape index (κ2) is 8.89. The first-order valence-electron chi connectivity index (χ1n) is 8.06. The van der Waals surface area contributed by atoms with Crippen molar-refractivity contribution in [2.75, 3.05) is 6.54 Å². The molecule has 1 aliphatic rings. The molecule has 1 aromatic heterocycles. The molecule has 1 atom stereocenters. The fourth-order valence-corrected chi connectivity index (χ4v) is 2.98. The maximum Gasteiger partial charge on any atom is 0.252 e. The van der Waals surface area contributed by atoms with Gasteiger partial charge in [0.25, 0.3) is 5.91 Å². The molecule has 1 heterocycles. The molecule has 6 heteroatoms. The number of carbonyl (C=O) groups excluding carboxylic acids is 2. The van der Waals surface area contributed by atoms with Crippen molar-refractivity contribution in [1.29, 1.82) is 5.26 Å². The van der Waals surface area contributed by atoms with Gasteiger partial charge in [-0.1, -0.05) is 32.1 Å². The Labute approximate surface area is 136 Å². The average molecular weight is 314 g/mol. The van der Waals surface area contributed by atoms with Crippen molar-refractivity contribution in [1.82, 2.24) is 15.6 Å². The number of hydrogen-bond donors (Lipinski definition) is 2. The third-order valence-electron chi connectivity index (χ3n) is 4.20. The third kappa shape index (κ3) is 5.37. The van der Waals surface area contributed by atoms with Crippen molar-refractivity contribution < 1.29 is 9.59 Å². The summed E-state index contributed by atoms with van der Waals surface area (Å²) in [5, 5.41) is 14.0. The highest BCUT2D eigenvalue weighted by Gasteiger charge is 2.26. The van der Waals surface area contributed by atoms with Crippen molar-refractivity contribution in [3.8, 4) is 6.07 Å². The Bertz CT molecular complexity index is 562. The number of hydrogen-bond acceptors (Lipinski definition) is 4. The van der Waals surface area contributed by atoms with Crippen LogP contribution in [0.3, 0.4) is 0 Å². The van der Waals surface area contributed by atoms with Crippen LogP contribution in [0.25, 0.3) is 0 Å². The number of amides is 2. The van der Waals surface area contributed by atoms with Crippen LogP contribution in [0.15, 0.2) is 24.5 Å². The van der Waals surface area contributed by atoms with E-state index in [0.717, 1.165) is 12.8 Å². The average Bonchev–Trinajstić information content (AvgIpc) is 2.60. The molecule has 0 spiro atoms. The minimum Gasteiger partial charge on any atom is -0.341 e. The van der Waals surface area contributed by atoms with E-state index >= 15 is 0 Å². The molecule has 2 amide bonds. The van der Waals surface area contributed by atoms with Gasteiger partial charge in [-0.15, -0.1) is 0 Å². The number of nitrogens with one attached hydrogen (secondary N) is 2. The molecule has 23 heavy (non-hydrogen) atoms. The molecule has 2 rings (SSSR count). The zero-order chi connectivity index (χ0) is 16.5. The van der Waals surface area contributed by atoms with E-state index in [1.807, 2.05) is 6.07 Å². The van der Waals surface area contributed by atoms with Gasteiger partial charge in [0.05, 0.1) is 6.07 Å². The highest BCUT2D eigenvalue weighted by atomic mass is 16.2. The van der Waals surface area contributed by atoms with Gasteiger partial charge < -0.3 is 10.6 Å². The molecule has 122 valence electrons. The van der Waals surface area contributed by atoms with E-state index in [9.17, 15) is 9.59 Å². The second-order valence-electron chi connectivity index (χ2n) is 5.88. The molecule has 1 aliphatic carbocycles. The van der Waals surface area contributed by atoms with Gasteiger partial charge in [0.15, 0.2) is 0 Å². The summed E-state index contributed by atoms with van der Waals surface area (Å²) in [6.07, 6.45) is 9.48. The largest absolute Gasteiger partial charge is 0.341 e. The molecule has 1 aromatic rings. The molecule has 0 saturated heterocycles. The van der Waals surface area contributed by atoms with Gasteiger partial charge in [-0.05, 0) is 24.5 Å². The van der Waals surface area contributed by atoms with Gasteiger partial charge in [-0.2, -0.15) is 5.26 Å². The molecule has 0 aliphatic heterocycles. The summed E-state index contributed by atoms with van der Waals surface area (Å²) in [5.41, 5.74) is 0.474. The summed E-state index contributed by atoms with van der Waals surface area (Å²) >= 11 is 0. The van der Waals surface area contributed by atoms with Gasteiger partial charge in [0.1, 0.15) is 12.6 Å². The van der Waals surface area contributed by atoms with Crippen LogP contribution in [-0.4, -0.2) is 29.4 Å². The summed E-state index contributed by atoms with van der Waals surface area (Å²) < 4.78 is 0. The van der Waals surface area contributed by atoms with Crippen LogP contribution in [0.2, 0.25) is 0 Å². The Morgan fingerprint density at radius 1 is 1.26 bits per heavy atom. The number of pyridine rings is 1. The van der Waals surface area contributed by atoms with Crippen LogP contribution in [0.5, 0.6) is 0 Å². The maximum absolute atomic E-state index is 12.3. The molecular weight excluding hydrogens is 292 g/mol. The van der Waals surface area contributed by atoms with E-state index in [-0.39, 0.29) is 18.4 Å². The van der Waals surface area contributed by atoms with Crippen LogP contribution in [0.4, 0.5) is 0 Å². The number of nitriles is 1. The minimum atomic E-state index is -0.605. The Morgan fingerprint density at radius 3 is 2.61 bits per heavy atom. The molecule has 0 unspecified atom stereocenters. The molecule has 0 bridgehead atoms. The van der Waals surface area contributed by atoms with Crippen molar-refractivity contribution in [2.45, 2.75) is 44.6 Å². The minimum absolute atomic E-state index is 0.0505. The smallest absolute Gasteiger partial charge is 0.252 e. The fourth-order valence-electron chi connectivity index (χ4n) is 2.98. The number of rotatable bonds is 6. The first-order valence-corrected chi connectivity index (χ1v) is 8.06. The second-order valence-corrected chi connectivity index (χ2v) is 5.88. The Kier molecular flexibility index (Phi) is 6.55. The summed E-state index contributed by atoms with van der Waals surface area (Å²) in [6.45, 7) is -0.0505. The Hall–Kier alpha value is -2.42. The van der Waals surface area contributed by atoms with Crippen LogP contribution in [-0.2, 0) is 4.79 Å². The topological polar surface area (TPSA) is 94.9 Å². The third-order valence-corrected chi connectivity index (χ3v) is 4.20. The zero-order valence-electron chi connectivity index (χ0n) is 13.1. The lowest BCUT2D eigenvalue weighted by Gasteiger charge is -2.26. The monoisotopic (exact) mass is 314 g/mol. The quantitative estimate of drug-likeness (QED) is 0.783. The molecular formula is C17H22N4O2. The Morgan fingerprint density at radius 2 is 1.96 bits per heavy atom. The summed E-state index contributed by atoms with van der Waals surface area (Å²) in [5.74, 6) is -0.140. The summed E-state index contributed by atoms with van der Waals surface area (Å²) in [7, 11) is 0. The lowest BCUT2D eigenvalue weighted by Crippen LogP contribution is -2.48. The molecule has 1 saturated carbocycles. The first kappa shape index (κ1) is 16.9. The van der Waals surface area contributed by atoms with E-state index in [4.69, 9.17) is 5.26 Å². The molecule has 2 N–H and O–H groups in total. The molecule has 1 fully saturated rings. The van der Waals surface area contributed by atoms with Gasteiger partial charge in [-0.25, -0.2) is 0 Å². The standard InChI is InChI=1S/C17H22N4O2/c18-8-11-20-17(23)15(12-13-4-2-1-3-5-13)21-16(22)14-6-9-19-10-7-14/h6-7,9-10,13,15H,1-5,11-12H2,(H,20,23)(H,21,22)/t15-/m0/s1. The van der Waals surface area contributed by atoms with Gasteiger partial charge in [-0.3, -0.25) is 14.6 Å². The summed E-state index contributed by atoms with van der Waals surface area (Å²) in [4.78, 5) is 28.4. The van der Waals surface area contributed by atoms with Crippen LogP contribution in [0.1, 0.15) is 48.9 Å². The zero-order valence-corrected chi connectivity index (χ0v) is 13.1. The predicted octanol–water partition coefficient (Wildman–Crippen LogP) is 1.79. The van der Waals surface area contributed by atoms with Gasteiger partial charge in [0.2, 0.25) is 5.91 Å². The number of carbonyl (C=O) groups is 2.